The molecule has 1 saturated heterocycles. The van der Waals surface area contributed by atoms with Crippen LogP contribution in [0.3, 0.4) is 0 Å². The van der Waals surface area contributed by atoms with Crippen LogP contribution >= 0.6 is 0 Å². The topological polar surface area (TPSA) is 34.2 Å². The highest BCUT2D eigenvalue weighted by atomic mass is 16.4. The molecular formula is C26H29N3O. The Balaban J connectivity index is 1.55. The molecule has 2 aromatic heterocycles. The summed E-state index contributed by atoms with van der Waals surface area (Å²) in [6.07, 6.45) is 9.88. The summed E-state index contributed by atoms with van der Waals surface area (Å²) in [5.74, 6) is 2.53. The lowest BCUT2D eigenvalue weighted by Gasteiger charge is -2.53. The average Bonchev–Trinajstić information content (AvgIpc) is 3.46. The number of hydrogen-bond donors (Lipinski definition) is 0. The number of oxazole rings is 1. The molecule has 3 aromatic rings. The maximum Gasteiger partial charge on any atom is 0.243 e. The van der Waals surface area contributed by atoms with E-state index in [9.17, 15) is 0 Å². The van der Waals surface area contributed by atoms with Crippen LogP contribution in [-0.4, -0.2) is 27.5 Å². The quantitative estimate of drug-likeness (QED) is 0.557. The van der Waals surface area contributed by atoms with Crippen molar-refractivity contribution in [2.45, 2.75) is 64.3 Å². The van der Waals surface area contributed by atoms with Crippen molar-refractivity contribution in [1.29, 1.82) is 0 Å². The van der Waals surface area contributed by atoms with Crippen LogP contribution in [0.25, 0.3) is 16.6 Å². The number of aryl methyl sites for hydroxylation is 1. The molecule has 4 nitrogen and oxygen atoms in total. The molecule has 3 aliphatic heterocycles. The molecule has 1 aliphatic carbocycles. The molecule has 154 valence electrons. The highest BCUT2D eigenvalue weighted by Gasteiger charge is 2.51. The van der Waals surface area contributed by atoms with Gasteiger partial charge in [0.15, 0.2) is 0 Å². The molecule has 2 fully saturated rings. The molecule has 4 aliphatic rings. The molecule has 1 aromatic carbocycles. The Bertz CT molecular complexity index is 1210. The summed E-state index contributed by atoms with van der Waals surface area (Å²) in [4.78, 5) is 7.74. The Kier molecular flexibility index (Phi) is 3.40. The zero-order valence-corrected chi connectivity index (χ0v) is 17.9. The fraction of sp³-hybridized carbons (Fsp3) is 0.500. The lowest BCUT2D eigenvalue weighted by molar-refractivity contribution is 0.0269. The van der Waals surface area contributed by atoms with E-state index in [1.54, 1.807) is 5.56 Å². The van der Waals surface area contributed by atoms with Gasteiger partial charge in [0, 0.05) is 29.0 Å². The van der Waals surface area contributed by atoms with Gasteiger partial charge in [0.2, 0.25) is 5.89 Å². The van der Waals surface area contributed by atoms with Crippen LogP contribution in [0.4, 0.5) is 0 Å². The molecule has 0 radical (unpaired) electrons. The maximum atomic E-state index is 6.49. The number of benzene rings is 1. The van der Waals surface area contributed by atoms with Crippen molar-refractivity contribution in [1.82, 2.24) is 14.5 Å². The van der Waals surface area contributed by atoms with Gasteiger partial charge in [0.25, 0.3) is 0 Å². The van der Waals surface area contributed by atoms with E-state index in [-0.39, 0.29) is 5.41 Å². The summed E-state index contributed by atoms with van der Waals surface area (Å²) < 4.78 is 9.01. The van der Waals surface area contributed by atoms with E-state index in [0.29, 0.717) is 12.0 Å². The van der Waals surface area contributed by atoms with Crippen molar-refractivity contribution >= 4 is 16.6 Å². The lowest BCUT2D eigenvalue weighted by atomic mass is 9.66. The van der Waals surface area contributed by atoms with E-state index in [2.05, 4.69) is 53.7 Å². The first-order chi connectivity index (χ1) is 14.7. The van der Waals surface area contributed by atoms with E-state index < -0.39 is 0 Å². The summed E-state index contributed by atoms with van der Waals surface area (Å²) in [6, 6.07) is 9.44. The van der Waals surface area contributed by atoms with Crippen LogP contribution in [0.15, 0.2) is 34.8 Å². The fourth-order valence-electron chi connectivity index (χ4n) is 6.68. The molecule has 0 spiro atoms. The smallest absolute Gasteiger partial charge is 0.243 e. The molecule has 2 atom stereocenters. The zero-order chi connectivity index (χ0) is 20.0. The Morgan fingerprint density at radius 2 is 2.07 bits per heavy atom. The van der Waals surface area contributed by atoms with Crippen LogP contribution in [0, 0.1) is 12.3 Å². The second kappa shape index (κ2) is 5.88. The number of aromatic nitrogens is 2. The molecule has 4 heteroatoms. The van der Waals surface area contributed by atoms with Crippen molar-refractivity contribution in [2.75, 3.05) is 13.1 Å². The van der Waals surface area contributed by atoms with Gasteiger partial charge in [-0.1, -0.05) is 25.1 Å². The van der Waals surface area contributed by atoms with E-state index in [4.69, 9.17) is 9.40 Å². The van der Waals surface area contributed by atoms with Gasteiger partial charge in [-0.15, -0.1) is 0 Å². The van der Waals surface area contributed by atoms with Crippen LogP contribution in [0.5, 0.6) is 0 Å². The normalized spacial score (nSPS) is 27.9. The van der Waals surface area contributed by atoms with Gasteiger partial charge in [-0.3, -0.25) is 4.90 Å². The highest BCUT2D eigenvalue weighted by Crippen LogP contribution is 2.57. The third-order valence-electron chi connectivity index (χ3n) is 8.25. The van der Waals surface area contributed by atoms with E-state index in [1.807, 2.05) is 0 Å². The first-order valence-corrected chi connectivity index (χ1v) is 11.8. The number of para-hydroxylation sites is 1. The number of hydrogen-bond acceptors (Lipinski definition) is 3. The largest absolute Gasteiger partial charge is 0.439 e. The predicted molar refractivity (Wildman–Crippen MR) is 119 cm³/mol. The van der Waals surface area contributed by atoms with Gasteiger partial charge < -0.3 is 8.98 Å². The zero-order valence-electron chi connectivity index (χ0n) is 17.9. The Morgan fingerprint density at radius 1 is 1.20 bits per heavy atom. The van der Waals surface area contributed by atoms with Crippen molar-refractivity contribution in [3.63, 3.8) is 0 Å². The van der Waals surface area contributed by atoms with Gasteiger partial charge in [-0.05, 0) is 69.7 Å². The summed E-state index contributed by atoms with van der Waals surface area (Å²) in [7, 11) is 0. The highest BCUT2D eigenvalue weighted by molar-refractivity contribution is 5.91. The minimum Gasteiger partial charge on any atom is -0.439 e. The van der Waals surface area contributed by atoms with Crippen LogP contribution in [0.2, 0.25) is 0 Å². The lowest BCUT2D eigenvalue weighted by Crippen LogP contribution is -2.50. The van der Waals surface area contributed by atoms with Gasteiger partial charge in [0.05, 0.1) is 17.3 Å². The molecule has 0 N–H and O–H groups in total. The summed E-state index contributed by atoms with van der Waals surface area (Å²) >= 11 is 0. The number of fused-ring (bicyclic) bond motifs is 3. The van der Waals surface area contributed by atoms with Crippen molar-refractivity contribution in [3.8, 4) is 0 Å². The van der Waals surface area contributed by atoms with E-state index >= 15 is 0 Å². The molecule has 7 rings (SSSR count). The Morgan fingerprint density at radius 3 is 2.90 bits per heavy atom. The predicted octanol–water partition coefficient (Wildman–Crippen LogP) is 5.81. The minimum absolute atomic E-state index is 0.176. The monoisotopic (exact) mass is 399 g/mol. The van der Waals surface area contributed by atoms with Crippen LogP contribution < -0.4 is 0 Å². The molecule has 5 heterocycles. The SMILES string of the molecule is CCC12C=C(c3nc(C)c(C4CC4)o3)n3c4c(c5ccccc53)CCN(CCC1)[C@H]42. The second-order valence-corrected chi connectivity index (χ2v) is 9.87. The van der Waals surface area contributed by atoms with Crippen molar-refractivity contribution < 1.29 is 4.42 Å². The summed E-state index contributed by atoms with van der Waals surface area (Å²) in [5, 5.41) is 1.42. The van der Waals surface area contributed by atoms with E-state index in [1.165, 1.54) is 61.1 Å². The van der Waals surface area contributed by atoms with Gasteiger partial charge in [0.1, 0.15) is 11.5 Å². The molecule has 1 unspecified atom stereocenters. The third kappa shape index (κ3) is 2.13. The standard InChI is InChI=1S/C26H29N3O/c1-3-26-12-6-13-28-14-11-19-18-7-4-5-8-20(18)29(22(19)24(26)28)21(15-26)25-27-16(2)23(30-25)17-9-10-17/h4-5,7-8,15,17,24H,3,6,9-14H2,1-2H3/t24-,26?/m1/s1. The fourth-order valence-corrected chi connectivity index (χ4v) is 6.68. The first-order valence-electron chi connectivity index (χ1n) is 11.8. The summed E-state index contributed by atoms with van der Waals surface area (Å²) in [6.45, 7) is 6.90. The molecule has 0 amide bonds. The van der Waals surface area contributed by atoms with Crippen molar-refractivity contribution in [3.05, 3.63) is 58.9 Å². The Labute approximate surface area is 177 Å². The second-order valence-electron chi connectivity index (χ2n) is 9.87. The maximum absolute atomic E-state index is 6.49. The van der Waals surface area contributed by atoms with Crippen LogP contribution in [0.1, 0.15) is 79.6 Å². The number of nitrogens with zero attached hydrogens (tertiary/aromatic N) is 3. The molecular weight excluding hydrogens is 370 g/mol. The van der Waals surface area contributed by atoms with Gasteiger partial charge in [-0.25, -0.2) is 4.98 Å². The third-order valence-corrected chi connectivity index (χ3v) is 8.25. The van der Waals surface area contributed by atoms with E-state index in [0.717, 1.165) is 30.2 Å². The Hall–Kier alpha value is -2.33. The summed E-state index contributed by atoms with van der Waals surface area (Å²) in [5.41, 5.74) is 6.83. The average molecular weight is 400 g/mol. The molecule has 0 bridgehead atoms. The number of rotatable bonds is 3. The van der Waals surface area contributed by atoms with Gasteiger partial charge >= 0.3 is 0 Å². The molecule has 30 heavy (non-hydrogen) atoms. The van der Waals surface area contributed by atoms with Gasteiger partial charge in [-0.2, -0.15) is 0 Å². The van der Waals surface area contributed by atoms with Crippen molar-refractivity contribution in [2.24, 2.45) is 5.41 Å². The minimum atomic E-state index is 0.176. The molecule has 1 saturated carbocycles. The van der Waals surface area contributed by atoms with Crippen LogP contribution in [-0.2, 0) is 6.42 Å². The number of piperidine rings is 1. The first kappa shape index (κ1) is 17.4.